The molecule has 9 heteroatoms. The third kappa shape index (κ3) is 5.36. The van der Waals surface area contributed by atoms with Crippen LogP contribution in [0.3, 0.4) is 0 Å². The number of hydrogen-bond acceptors (Lipinski definition) is 6. The van der Waals surface area contributed by atoms with Crippen LogP contribution in [-0.4, -0.2) is 56.3 Å². The zero-order valence-electron chi connectivity index (χ0n) is 29.6. The summed E-state index contributed by atoms with van der Waals surface area (Å²) in [6.45, 7) is 14.6. The molecule has 2 atom stereocenters. The van der Waals surface area contributed by atoms with Gasteiger partial charge in [-0.05, 0) is 86.9 Å². The maximum atomic E-state index is 14.8. The van der Waals surface area contributed by atoms with Crippen LogP contribution in [0.1, 0.15) is 132 Å². The number of carbonyl (C=O) groups excluding carboxylic acids is 3. The highest BCUT2D eigenvalue weighted by atomic mass is 16.5. The Balaban J connectivity index is 1.59. The number of esters is 1. The molecule has 7 rings (SSSR count). The Morgan fingerprint density at radius 3 is 2.44 bits per heavy atom. The summed E-state index contributed by atoms with van der Waals surface area (Å²) in [5.74, 6) is -1.33. The lowest BCUT2D eigenvalue weighted by atomic mass is 9.84. The van der Waals surface area contributed by atoms with Gasteiger partial charge in [-0.25, -0.2) is 9.97 Å². The summed E-state index contributed by atoms with van der Waals surface area (Å²) in [5.41, 5.74) is 12.8. The molecule has 9 nitrogen and oxygen atoms in total. The number of aromatic amines is 2. The number of nitrogens with zero attached hydrogens (tertiary/aromatic N) is 3. The molecule has 0 fully saturated rings. The van der Waals surface area contributed by atoms with Crippen LogP contribution < -0.4 is 0 Å². The fourth-order valence-corrected chi connectivity index (χ4v) is 7.93. The third-order valence-corrected chi connectivity index (χ3v) is 10.9. The Bertz CT molecular complexity index is 2210. The number of H-pyrrole nitrogens is 2. The average Bonchev–Trinajstić information content (AvgIpc) is 3.79. The van der Waals surface area contributed by atoms with E-state index in [0.29, 0.717) is 35.2 Å². The quantitative estimate of drug-likeness (QED) is 0.173. The van der Waals surface area contributed by atoms with E-state index >= 15 is 0 Å². The van der Waals surface area contributed by atoms with Gasteiger partial charge in [0.05, 0.1) is 53.1 Å². The lowest BCUT2D eigenvalue weighted by Gasteiger charge is -2.28. The van der Waals surface area contributed by atoms with Crippen LogP contribution in [-0.2, 0) is 9.53 Å². The van der Waals surface area contributed by atoms with Crippen molar-refractivity contribution < 1.29 is 19.1 Å². The smallest absolute Gasteiger partial charge is 0.305 e. The summed E-state index contributed by atoms with van der Waals surface area (Å²) in [6, 6.07) is 6.06. The number of nitrogens with one attached hydrogen (secondary N) is 2. The molecular weight excluding hydrogens is 626 g/mol. The SMILES string of the molecule is C=CC1=C(C)c2cc3[nH]c(c4c5[nH]c(cc6nc(cc1n2)C(C)=C6CC)c(C)c5C(=O)N(CC1=CCC=CC1)C4=O)[C@@H](CCC(=O)OC)[C@@H]3C. The second-order valence-corrected chi connectivity index (χ2v) is 13.7. The molecule has 2 aromatic rings. The number of imide groups is 1. The molecule has 8 bridgehead atoms. The van der Waals surface area contributed by atoms with E-state index in [1.54, 1.807) is 0 Å². The minimum absolute atomic E-state index is 0.0996. The van der Waals surface area contributed by atoms with Crippen LogP contribution in [0.25, 0.3) is 33.3 Å². The molecule has 6 heterocycles. The van der Waals surface area contributed by atoms with Crippen molar-refractivity contribution in [3.8, 4) is 0 Å². The van der Waals surface area contributed by atoms with E-state index in [4.69, 9.17) is 14.7 Å². The van der Waals surface area contributed by atoms with Crippen molar-refractivity contribution in [1.82, 2.24) is 24.8 Å². The van der Waals surface area contributed by atoms with E-state index in [9.17, 15) is 14.4 Å². The zero-order valence-corrected chi connectivity index (χ0v) is 29.6. The number of aromatic nitrogens is 4. The Kier molecular flexibility index (Phi) is 8.54. The second kappa shape index (κ2) is 12.9. The van der Waals surface area contributed by atoms with Gasteiger partial charge in [-0.3, -0.25) is 19.3 Å². The Morgan fingerprint density at radius 1 is 1.00 bits per heavy atom. The molecule has 1 aliphatic carbocycles. The molecule has 2 aromatic heterocycles. The second-order valence-electron chi connectivity index (χ2n) is 13.7. The lowest BCUT2D eigenvalue weighted by Crippen LogP contribution is -2.42. The number of allylic oxidation sites excluding steroid dienone is 8. The van der Waals surface area contributed by atoms with Crippen LogP contribution in [0.2, 0.25) is 0 Å². The van der Waals surface area contributed by atoms with Crippen molar-refractivity contribution in [2.45, 2.75) is 78.6 Å². The van der Waals surface area contributed by atoms with Gasteiger partial charge in [-0.15, -0.1) is 0 Å². The number of hydrogen-bond donors (Lipinski definition) is 2. The molecule has 0 unspecified atom stereocenters. The zero-order chi connectivity index (χ0) is 35.4. The van der Waals surface area contributed by atoms with Crippen LogP contribution in [0.15, 0.2) is 54.7 Å². The molecule has 5 aliphatic rings. The standard InChI is InChI=1S/C41H43N5O4/c1-8-26-21(3)29-17-31-23(5)28(15-16-35(47)50-7)38(44-31)37-39-36(40(48)46(41(37)49)20-25-13-11-10-12-14-25)24(6)32(45-39)19-34-27(9-2)22(4)30(43-34)18-33(26)42-29/h8,10-11,14,17-19,23,28,44-45H,1,9,12-13,15-16,20H2,2-7H3/t23-,28-/m0/s1. The van der Waals surface area contributed by atoms with Gasteiger partial charge in [0.2, 0.25) is 0 Å². The highest BCUT2D eigenvalue weighted by molar-refractivity contribution is 6.23. The highest BCUT2D eigenvalue weighted by Crippen LogP contribution is 2.45. The van der Waals surface area contributed by atoms with Gasteiger partial charge in [0.15, 0.2) is 0 Å². The Hall–Kier alpha value is -5.31. The predicted octanol–water partition coefficient (Wildman–Crippen LogP) is 8.52. The first kappa shape index (κ1) is 33.2. The van der Waals surface area contributed by atoms with Crippen LogP contribution in [0.5, 0.6) is 0 Å². The third-order valence-electron chi connectivity index (χ3n) is 10.9. The Morgan fingerprint density at radius 2 is 1.74 bits per heavy atom. The van der Waals surface area contributed by atoms with Crippen molar-refractivity contribution in [1.29, 1.82) is 0 Å². The Labute approximate surface area is 292 Å². The maximum absolute atomic E-state index is 14.8. The number of fused-ring (bicyclic) bond motifs is 8. The number of rotatable bonds is 7. The van der Waals surface area contributed by atoms with Crippen LogP contribution >= 0.6 is 0 Å². The summed E-state index contributed by atoms with van der Waals surface area (Å²) < 4.78 is 5.03. The number of methoxy groups -OCH3 is 1. The molecule has 0 saturated heterocycles. The molecule has 4 aliphatic heterocycles. The van der Waals surface area contributed by atoms with Gasteiger partial charge in [-0.2, -0.15) is 0 Å². The minimum atomic E-state index is -0.363. The summed E-state index contributed by atoms with van der Waals surface area (Å²) in [6.07, 6.45) is 11.0. The first-order valence-corrected chi connectivity index (χ1v) is 17.4. The molecule has 2 N–H and O–H groups in total. The van der Waals surface area contributed by atoms with Gasteiger partial charge in [-0.1, -0.05) is 50.3 Å². The van der Waals surface area contributed by atoms with Gasteiger partial charge >= 0.3 is 5.97 Å². The van der Waals surface area contributed by atoms with Gasteiger partial charge in [0.25, 0.3) is 11.8 Å². The summed E-state index contributed by atoms with van der Waals surface area (Å²) in [4.78, 5) is 60.4. The monoisotopic (exact) mass is 669 g/mol. The lowest BCUT2D eigenvalue weighted by molar-refractivity contribution is -0.140. The maximum Gasteiger partial charge on any atom is 0.305 e. The highest BCUT2D eigenvalue weighted by Gasteiger charge is 2.40. The summed E-state index contributed by atoms with van der Waals surface area (Å²) in [7, 11) is 1.39. The average molecular weight is 670 g/mol. The van der Waals surface area contributed by atoms with Crippen molar-refractivity contribution in [2.24, 2.45) is 0 Å². The molecule has 0 spiro atoms. The van der Waals surface area contributed by atoms with Crippen molar-refractivity contribution in [3.05, 3.63) is 106 Å². The fourth-order valence-electron chi connectivity index (χ4n) is 7.93. The molecule has 50 heavy (non-hydrogen) atoms. The van der Waals surface area contributed by atoms with Gasteiger partial charge < -0.3 is 14.7 Å². The normalized spacial score (nSPS) is 19.2. The van der Waals surface area contributed by atoms with E-state index in [-0.39, 0.29) is 42.6 Å². The molecule has 2 amide bonds. The largest absolute Gasteiger partial charge is 0.469 e. The summed E-state index contributed by atoms with van der Waals surface area (Å²) >= 11 is 0. The van der Waals surface area contributed by atoms with E-state index in [1.165, 1.54) is 12.0 Å². The first-order valence-electron chi connectivity index (χ1n) is 17.4. The molecule has 0 aromatic carbocycles. The molecule has 0 radical (unpaired) electrons. The van der Waals surface area contributed by atoms with Crippen molar-refractivity contribution in [3.63, 3.8) is 0 Å². The molecular formula is C41H43N5O4. The van der Waals surface area contributed by atoms with E-state index < -0.39 is 0 Å². The number of ether oxygens (including phenoxy) is 1. The topological polar surface area (TPSA) is 121 Å². The van der Waals surface area contributed by atoms with E-state index in [0.717, 1.165) is 80.3 Å². The first-order chi connectivity index (χ1) is 24.1. The van der Waals surface area contributed by atoms with E-state index in [1.807, 2.05) is 38.1 Å². The van der Waals surface area contributed by atoms with Crippen LogP contribution in [0.4, 0.5) is 0 Å². The van der Waals surface area contributed by atoms with Gasteiger partial charge in [0, 0.05) is 40.7 Å². The number of carbonyl (C=O) groups is 3. The van der Waals surface area contributed by atoms with Gasteiger partial charge in [0.1, 0.15) is 0 Å². The van der Waals surface area contributed by atoms with E-state index in [2.05, 4.69) is 55.5 Å². The molecule has 0 saturated carbocycles. The number of amides is 2. The summed E-state index contributed by atoms with van der Waals surface area (Å²) in [5, 5.41) is 0. The van der Waals surface area contributed by atoms with Crippen LogP contribution in [0, 0.1) is 6.92 Å². The fraction of sp³-hybridized carbons (Fsp3) is 0.341. The minimum Gasteiger partial charge on any atom is -0.469 e. The van der Waals surface area contributed by atoms with Crippen molar-refractivity contribution in [2.75, 3.05) is 13.7 Å². The number of aryl methyl sites for hydroxylation is 1. The predicted molar refractivity (Wildman–Crippen MR) is 197 cm³/mol. The van der Waals surface area contributed by atoms with Crippen molar-refractivity contribution >= 4 is 51.1 Å². The molecule has 256 valence electrons.